The third-order valence-electron chi connectivity index (χ3n) is 6.58. The Kier molecular flexibility index (Phi) is 5.00. The van der Waals surface area contributed by atoms with Gasteiger partial charge in [0.15, 0.2) is 0 Å². The second kappa shape index (κ2) is 7.83. The van der Waals surface area contributed by atoms with Crippen molar-refractivity contribution in [1.82, 2.24) is 24.5 Å². The molecule has 3 aromatic rings. The summed E-state index contributed by atoms with van der Waals surface area (Å²) in [6.45, 7) is 2.01. The SMILES string of the molecule is COc1c2ccc(C(=O)N3CCC(Cn4nc5c(cc4=O)CCC5)CC3)cc2nn1C. The van der Waals surface area contributed by atoms with Crippen LogP contribution >= 0.6 is 0 Å². The molecule has 1 amide bonds. The molecule has 0 bridgehead atoms. The monoisotopic (exact) mass is 421 g/mol. The zero-order valence-electron chi connectivity index (χ0n) is 18.0. The van der Waals surface area contributed by atoms with E-state index in [1.807, 2.05) is 30.1 Å². The number of aryl methyl sites for hydroxylation is 3. The third-order valence-corrected chi connectivity index (χ3v) is 6.58. The third kappa shape index (κ3) is 3.60. The number of nitrogens with zero attached hydrogens (tertiary/aromatic N) is 5. The van der Waals surface area contributed by atoms with E-state index in [2.05, 4.69) is 10.2 Å². The van der Waals surface area contributed by atoms with Gasteiger partial charge in [0, 0.05) is 38.3 Å². The number of benzene rings is 1. The lowest BCUT2D eigenvalue weighted by atomic mass is 9.96. The number of piperidine rings is 1. The molecule has 2 aliphatic rings. The fourth-order valence-corrected chi connectivity index (χ4v) is 4.87. The molecule has 31 heavy (non-hydrogen) atoms. The minimum absolute atomic E-state index is 0.00162. The largest absolute Gasteiger partial charge is 0.481 e. The molecular formula is C23H27N5O3. The summed E-state index contributed by atoms with van der Waals surface area (Å²) in [6, 6.07) is 7.33. The summed E-state index contributed by atoms with van der Waals surface area (Å²) in [5.41, 5.74) is 3.58. The number of hydrogen-bond donors (Lipinski definition) is 0. The Morgan fingerprint density at radius 3 is 2.74 bits per heavy atom. The first-order chi connectivity index (χ1) is 15.0. The molecule has 1 aromatic carbocycles. The predicted molar refractivity (Wildman–Crippen MR) is 116 cm³/mol. The Bertz CT molecular complexity index is 1200. The molecule has 0 saturated carbocycles. The molecule has 1 saturated heterocycles. The van der Waals surface area contributed by atoms with E-state index in [4.69, 9.17) is 4.74 Å². The normalized spacial score (nSPS) is 16.6. The van der Waals surface area contributed by atoms with Crippen molar-refractivity contribution in [2.45, 2.75) is 38.6 Å². The zero-order valence-corrected chi connectivity index (χ0v) is 18.0. The Labute approximate surface area is 180 Å². The minimum Gasteiger partial charge on any atom is -0.481 e. The van der Waals surface area contributed by atoms with Gasteiger partial charge in [-0.2, -0.15) is 10.2 Å². The Balaban J connectivity index is 1.25. The maximum atomic E-state index is 13.0. The summed E-state index contributed by atoms with van der Waals surface area (Å²) in [7, 11) is 3.44. The Hall–Kier alpha value is -3.16. The molecule has 8 nitrogen and oxygen atoms in total. The van der Waals surface area contributed by atoms with E-state index in [-0.39, 0.29) is 11.5 Å². The summed E-state index contributed by atoms with van der Waals surface area (Å²) in [5.74, 6) is 1.07. The Morgan fingerprint density at radius 1 is 1.16 bits per heavy atom. The van der Waals surface area contributed by atoms with Gasteiger partial charge >= 0.3 is 0 Å². The number of carbonyl (C=O) groups excluding carboxylic acids is 1. The van der Waals surface area contributed by atoms with Crippen LogP contribution in [-0.2, 0) is 26.4 Å². The molecule has 0 N–H and O–H groups in total. The van der Waals surface area contributed by atoms with Gasteiger partial charge in [0.1, 0.15) is 0 Å². The van der Waals surface area contributed by atoms with Crippen LogP contribution in [0.1, 0.15) is 40.9 Å². The van der Waals surface area contributed by atoms with Crippen molar-refractivity contribution in [3.05, 3.63) is 51.4 Å². The minimum atomic E-state index is -0.00162. The van der Waals surface area contributed by atoms with Crippen LogP contribution in [0.4, 0.5) is 0 Å². The molecule has 3 heterocycles. The van der Waals surface area contributed by atoms with Gasteiger partial charge in [-0.1, -0.05) is 0 Å². The molecule has 0 atom stereocenters. The summed E-state index contributed by atoms with van der Waals surface area (Å²) in [4.78, 5) is 27.3. The van der Waals surface area contributed by atoms with Crippen molar-refractivity contribution >= 4 is 16.8 Å². The van der Waals surface area contributed by atoms with Gasteiger partial charge in [-0.05, 0) is 61.8 Å². The van der Waals surface area contributed by atoms with Crippen LogP contribution in [0.2, 0.25) is 0 Å². The number of hydrogen-bond acceptors (Lipinski definition) is 5. The quantitative estimate of drug-likeness (QED) is 0.645. The number of likely N-dealkylation sites (tertiary alicyclic amines) is 1. The first-order valence-electron chi connectivity index (χ1n) is 10.9. The van der Waals surface area contributed by atoms with E-state index >= 15 is 0 Å². The van der Waals surface area contributed by atoms with Crippen LogP contribution in [0.25, 0.3) is 10.9 Å². The van der Waals surface area contributed by atoms with Gasteiger partial charge in [-0.15, -0.1) is 0 Å². The molecule has 1 fully saturated rings. The zero-order chi connectivity index (χ0) is 21.5. The fraction of sp³-hybridized carbons (Fsp3) is 0.478. The number of methoxy groups -OCH3 is 1. The van der Waals surface area contributed by atoms with Crippen molar-refractivity contribution in [1.29, 1.82) is 0 Å². The highest BCUT2D eigenvalue weighted by atomic mass is 16.5. The molecule has 1 aliphatic carbocycles. The number of amides is 1. The molecule has 5 rings (SSSR count). The van der Waals surface area contributed by atoms with Crippen LogP contribution in [-0.4, -0.2) is 50.6 Å². The second-order valence-corrected chi connectivity index (χ2v) is 8.59. The van der Waals surface area contributed by atoms with Gasteiger partial charge in [0.2, 0.25) is 5.88 Å². The summed E-state index contributed by atoms with van der Waals surface area (Å²) in [5, 5.41) is 9.94. The standard InChI is InChI=1S/C23H27N5O3/c1-26-23(31-2)18-7-6-17(12-20(18)24-26)22(30)27-10-8-15(9-11-27)14-28-21(29)13-16-4-3-5-19(16)25-28/h6-7,12-13,15H,3-5,8-11,14H2,1-2H3. The topological polar surface area (TPSA) is 82.2 Å². The lowest BCUT2D eigenvalue weighted by Crippen LogP contribution is -2.40. The second-order valence-electron chi connectivity index (χ2n) is 8.59. The van der Waals surface area contributed by atoms with E-state index < -0.39 is 0 Å². The average molecular weight is 422 g/mol. The number of ether oxygens (including phenoxy) is 1. The fourth-order valence-electron chi connectivity index (χ4n) is 4.87. The smallest absolute Gasteiger partial charge is 0.267 e. The molecule has 2 aromatic heterocycles. The molecule has 1 aliphatic heterocycles. The van der Waals surface area contributed by atoms with Crippen molar-refractivity contribution < 1.29 is 9.53 Å². The number of fused-ring (bicyclic) bond motifs is 2. The summed E-state index contributed by atoms with van der Waals surface area (Å²) < 4.78 is 8.70. The molecule has 0 unspecified atom stereocenters. The van der Waals surface area contributed by atoms with Crippen LogP contribution in [0, 0.1) is 5.92 Å². The molecule has 162 valence electrons. The first-order valence-corrected chi connectivity index (χ1v) is 10.9. The van der Waals surface area contributed by atoms with Crippen LogP contribution in [0.15, 0.2) is 29.1 Å². The maximum absolute atomic E-state index is 13.0. The van der Waals surface area contributed by atoms with Gasteiger partial charge in [-0.25, -0.2) is 9.36 Å². The van der Waals surface area contributed by atoms with E-state index in [1.165, 1.54) is 0 Å². The van der Waals surface area contributed by atoms with E-state index in [0.717, 1.165) is 54.3 Å². The highest BCUT2D eigenvalue weighted by Crippen LogP contribution is 2.27. The van der Waals surface area contributed by atoms with Crippen molar-refractivity contribution in [3.8, 4) is 5.88 Å². The van der Waals surface area contributed by atoms with Crippen molar-refractivity contribution in [2.75, 3.05) is 20.2 Å². The van der Waals surface area contributed by atoms with E-state index in [0.29, 0.717) is 37.0 Å². The van der Waals surface area contributed by atoms with Crippen molar-refractivity contribution in [2.24, 2.45) is 13.0 Å². The predicted octanol–water partition coefficient (Wildman–Crippen LogP) is 2.18. The van der Waals surface area contributed by atoms with Gasteiger partial charge < -0.3 is 9.64 Å². The summed E-state index contributed by atoms with van der Waals surface area (Å²) >= 11 is 0. The van der Waals surface area contributed by atoms with Crippen LogP contribution in [0.5, 0.6) is 5.88 Å². The van der Waals surface area contributed by atoms with E-state index in [1.54, 1.807) is 22.5 Å². The highest BCUT2D eigenvalue weighted by Gasteiger charge is 2.25. The maximum Gasteiger partial charge on any atom is 0.267 e. The number of rotatable bonds is 4. The average Bonchev–Trinajstić information content (AvgIpc) is 3.35. The summed E-state index contributed by atoms with van der Waals surface area (Å²) in [6.07, 6.45) is 4.77. The van der Waals surface area contributed by atoms with E-state index in [9.17, 15) is 9.59 Å². The van der Waals surface area contributed by atoms with Crippen molar-refractivity contribution in [3.63, 3.8) is 0 Å². The number of carbonyl (C=O) groups is 1. The van der Waals surface area contributed by atoms with Gasteiger partial charge in [-0.3, -0.25) is 9.59 Å². The van der Waals surface area contributed by atoms with Crippen LogP contribution in [0.3, 0.4) is 0 Å². The van der Waals surface area contributed by atoms with Gasteiger partial charge in [0.05, 0.1) is 23.7 Å². The number of aromatic nitrogens is 4. The highest BCUT2D eigenvalue weighted by molar-refractivity contribution is 5.98. The lowest BCUT2D eigenvalue weighted by molar-refractivity contribution is 0.0680. The lowest BCUT2D eigenvalue weighted by Gasteiger charge is -2.32. The molecular weight excluding hydrogens is 394 g/mol. The van der Waals surface area contributed by atoms with Gasteiger partial charge in [0.25, 0.3) is 11.5 Å². The molecule has 0 spiro atoms. The van der Waals surface area contributed by atoms with Crippen LogP contribution < -0.4 is 10.3 Å². The molecule has 8 heteroatoms. The first kappa shape index (κ1) is 19.8. The Morgan fingerprint density at radius 2 is 1.97 bits per heavy atom. The molecule has 0 radical (unpaired) electrons.